The van der Waals surface area contributed by atoms with Gasteiger partial charge in [-0.15, -0.1) is 0 Å². The molecular weight excluding hydrogens is 416 g/mol. The van der Waals surface area contributed by atoms with Gasteiger partial charge in [0.15, 0.2) is 0 Å². The number of amides is 1. The van der Waals surface area contributed by atoms with Gasteiger partial charge in [-0.1, -0.05) is 35.9 Å². The van der Waals surface area contributed by atoms with Crippen molar-refractivity contribution in [2.75, 3.05) is 0 Å². The number of carboxylic acids is 1. The molecule has 2 fully saturated rings. The van der Waals surface area contributed by atoms with E-state index >= 15 is 0 Å². The number of rotatable bonds is 8. The van der Waals surface area contributed by atoms with Crippen LogP contribution in [0.5, 0.6) is 0 Å². The minimum Gasteiger partial charge on any atom is -0.481 e. The monoisotopic (exact) mass is 440 g/mol. The molecule has 31 heavy (non-hydrogen) atoms. The lowest BCUT2D eigenvalue weighted by molar-refractivity contribution is -0.137. The van der Waals surface area contributed by atoms with E-state index < -0.39 is 5.97 Å². The van der Waals surface area contributed by atoms with Gasteiger partial charge in [-0.05, 0) is 61.3 Å². The van der Waals surface area contributed by atoms with Crippen molar-refractivity contribution >= 4 is 29.1 Å². The smallest absolute Gasteiger partial charge is 0.303 e. The van der Waals surface area contributed by atoms with E-state index in [9.17, 15) is 14.4 Å². The maximum atomic E-state index is 12.6. The maximum Gasteiger partial charge on any atom is 0.303 e. The third kappa shape index (κ3) is 5.25. The Hall–Kier alpha value is -2.86. The Bertz CT molecular complexity index is 1100. The van der Waals surface area contributed by atoms with Crippen LogP contribution < -0.4 is 10.9 Å². The zero-order chi connectivity index (χ0) is 22.0. The predicted octanol–water partition coefficient (Wildman–Crippen LogP) is 4.02. The lowest BCUT2D eigenvalue weighted by Crippen LogP contribution is -2.23. The number of benzene rings is 1. The summed E-state index contributed by atoms with van der Waals surface area (Å²) in [6, 6.07) is 9.38. The van der Waals surface area contributed by atoms with Crippen molar-refractivity contribution in [1.29, 1.82) is 0 Å². The Morgan fingerprint density at radius 2 is 1.97 bits per heavy atom. The molecule has 1 aromatic heterocycles. The van der Waals surface area contributed by atoms with Crippen molar-refractivity contribution in [3.8, 4) is 0 Å². The molecule has 1 amide bonds. The van der Waals surface area contributed by atoms with Crippen LogP contribution in [0, 0.1) is 0 Å². The number of hydrogen-bond acceptors (Lipinski definition) is 3. The van der Waals surface area contributed by atoms with E-state index in [2.05, 4.69) is 10.3 Å². The molecule has 0 spiro atoms. The first-order chi connectivity index (χ1) is 14.9. The van der Waals surface area contributed by atoms with Gasteiger partial charge in [0.25, 0.3) is 5.56 Å². The molecule has 0 bridgehead atoms. The summed E-state index contributed by atoms with van der Waals surface area (Å²) in [5, 5.41) is 12.3. The van der Waals surface area contributed by atoms with Crippen LogP contribution >= 0.6 is 11.6 Å². The molecule has 1 aromatic carbocycles. The first-order valence-electron chi connectivity index (χ1n) is 10.7. The lowest BCUT2D eigenvalue weighted by atomic mass is 9.96. The SMILES string of the molecule is O=C(O)CCCc1ccc(/C(=C\[C@H]2CCC(=O)N2)c2ccc(C3CC3)c(=O)[nH]2)cc1Cl. The number of hydrogen-bond donors (Lipinski definition) is 3. The summed E-state index contributed by atoms with van der Waals surface area (Å²) in [5.74, 6) is -0.445. The number of nitrogens with one attached hydrogen (secondary N) is 2. The van der Waals surface area contributed by atoms with E-state index in [1.54, 1.807) is 0 Å². The summed E-state index contributed by atoms with van der Waals surface area (Å²) in [5.41, 5.74) is 3.97. The molecule has 2 aromatic rings. The van der Waals surface area contributed by atoms with Crippen LogP contribution in [-0.2, 0) is 16.0 Å². The van der Waals surface area contributed by atoms with Gasteiger partial charge in [-0.3, -0.25) is 14.4 Å². The quantitative estimate of drug-likeness (QED) is 0.577. The van der Waals surface area contributed by atoms with Crippen LogP contribution in [-0.4, -0.2) is 28.0 Å². The summed E-state index contributed by atoms with van der Waals surface area (Å²) in [6.45, 7) is 0. The summed E-state index contributed by atoms with van der Waals surface area (Å²) < 4.78 is 0. The van der Waals surface area contributed by atoms with Crippen molar-refractivity contribution in [2.24, 2.45) is 0 Å². The molecule has 3 N–H and O–H groups in total. The van der Waals surface area contributed by atoms with Gasteiger partial charge in [-0.25, -0.2) is 0 Å². The van der Waals surface area contributed by atoms with Gasteiger partial charge in [0.05, 0.1) is 0 Å². The van der Waals surface area contributed by atoms with Crippen molar-refractivity contribution in [1.82, 2.24) is 10.3 Å². The fourth-order valence-electron chi connectivity index (χ4n) is 4.01. The average molecular weight is 441 g/mol. The summed E-state index contributed by atoms with van der Waals surface area (Å²) in [7, 11) is 0. The fraction of sp³-hybridized carbons (Fsp3) is 0.375. The molecule has 6 nitrogen and oxygen atoms in total. The first-order valence-corrected chi connectivity index (χ1v) is 11.0. The highest BCUT2D eigenvalue weighted by Crippen LogP contribution is 2.38. The highest BCUT2D eigenvalue weighted by atomic mass is 35.5. The van der Waals surface area contributed by atoms with E-state index in [1.807, 2.05) is 36.4 Å². The molecule has 1 aliphatic heterocycles. The van der Waals surface area contributed by atoms with Crippen molar-refractivity contribution in [3.05, 3.63) is 74.2 Å². The minimum atomic E-state index is -0.824. The Balaban J connectivity index is 1.66. The van der Waals surface area contributed by atoms with Crippen molar-refractivity contribution < 1.29 is 14.7 Å². The molecule has 162 valence electrons. The molecular formula is C24H25ClN2O4. The maximum absolute atomic E-state index is 12.6. The predicted molar refractivity (Wildman–Crippen MR) is 119 cm³/mol. The highest BCUT2D eigenvalue weighted by Gasteiger charge is 2.26. The van der Waals surface area contributed by atoms with Crippen LogP contribution in [0.4, 0.5) is 0 Å². The largest absolute Gasteiger partial charge is 0.481 e. The summed E-state index contributed by atoms with van der Waals surface area (Å²) >= 11 is 6.51. The third-order valence-electron chi connectivity index (χ3n) is 5.84. The highest BCUT2D eigenvalue weighted by molar-refractivity contribution is 6.31. The topological polar surface area (TPSA) is 99.3 Å². The molecule has 0 radical (unpaired) electrons. The van der Waals surface area contributed by atoms with Crippen LogP contribution in [0.2, 0.25) is 5.02 Å². The normalized spacial score (nSPS) is 18.8. The van der Waals surface area contributed by atoms with Gasteiger partial charge in [0, 0.05) is 40.7 Å². The number of carboxylic acid groups (broad SMARTS) is 1. The van der Waals surface area contributed by atoms with Gasteiger partial charge >= 0.3 is 5.97 Å². The Morgan fingerprint density at radius 1 is 1.16 bits per heavy atom. The van der Waals surface area contributed by atoms with Crippen LogP contribution in [0.1, 0.15) is 66.8 Å². The van der Waals surface area contributed by atoms with Crippen LogP contribution in [0.3, 0.4) is 0 Å². The molecule has 0 unspecified atom stereocenters. The van der Waals surface area contributed by atoms with Crippen molar-refractivity contribution in [3.63, 3.8) is 0 Å². The van der Waals surface area contributed by atoms with Gasteiger partial charge in [0.2, 0.25) is 5.91 Å². The van der Waals surface area contributed by atoms with Gasteiger partial charge in [0.1, 0.15) is 0 Å². The fourth-order valence-corrected chi connectivity index (χ4v) is 4.29. The Kier molecular flexibility index (Phi) is 6.28. The number of pyridine rings is 1. The second-order valence-corrected chi connectivity index (χ2v) is 8.68. The van der Waals surface area contributed by atoms with E-state index in [0.717, 1.165) is 35.1 Å². The average Bonchev–Trinajstić information content (AvgIpc) is 3.48. The molecule has 1 saturated heterocycles. The molecule has 2 aliphatic rings. The third-order valence-corrected chi connectivity index (χ3v) is 6.20. The summed E-state index contributed by atoms with van der Waals surface area (Å²) in [4.78, 5) is 38.1. The van der Waals surface area contributed by atoms with Gasteiger partial charge < -0.3 is 15.4 Å². The Morgan fingerprint density at radius 3 is 2.58 bits per heavy atom. The minimum absolute atomic E-state index is 0.0185. The van der Waals surface area contributed by atoms with Crippen LogP contribution in [0.25, 0.3) is 5.57 Å². The number of aryl methyl sites for hydroxylation is 1. The summed E-state index contributed by atoms with van der Waals surface area (Å²) in [6.07, 6.45) is 6.46. The number of H-pyrrole nitrogens is 1. The molecule has 1 saturated carbocycles. The lowest BCUT2D eigenvalue weighted by Gasteiger charge is -2.14. The zero-order valence-corrected chi connectivity index (χ0v) is 17.9. The number of carbonyl (C=O) groups excluding carboxylic acids is 1. The molecule has 7 heteroatoms. The van der Waals surface area contributed by atoms with Crippen LogP contribution in [0.15, 0.2) is 41.2 Å². The first kappa shape index (κ1) is 21.4. The number of aromatic nitrogens is 1. The number of halogens is 1. The number of aliphatic carboxylic acids is 1. The molecule has 1 atom stereocenters. The number of carbonyl (C=O) groups is 2. The molecule has 1 aliphatic carbocycles. The standard InChI is InChI=1S/C24H25ClN2O4/c25-20-12-16(7-6-15(20)2-1-3-23(29)30)19(13-17-8-11-22(28)26-17)21-10-9-18(14-4-5-14)24(31)27-21/h6-7,9-10,12-14,17H,1-5,8,11H2,(H,26,28)(H,27,31)(H,29,30)/b19-13+/t17-/m1/s1. The second kappa shape index (κ2) is 9.10. The van der Waals surface area contributed by atoms with E-state index in [0.29, 0.717) is 42.3 Å². The molecule has 4 rings (SSSR count). The van der Waals surface area contributed by atoms with E-state index in [1.165, 1.54) is 0 Å². The Labute approximate surface area is 185 Å². The van der Waals surface area contributed by atoms with E-state index in [4.69, 9.17) is 16.7 Å². The number of aromatic amines is 1. The molecule has 2 heterocycles. The zero-order valence-electron chi connectivity index (χ0n) is 17.1. The second-order valence-electron chi connectivity index (χ2n) is 8.28. The van der Waals surface area contributed by atoms with Crippen molar-refractivity contribution in [2.45, 2.75) is 56.9 Å². The van der Waals surface area contributed by atoms with Gasteiger partial charge in [-0.2, -0.15) is 0 Å². The van der Waals surface area contributed by atoms with E-state index in [-0.39, 0.29) is 23.9 Å².